The summed E-state index contributed by atoms with van der Waals surface area (Å²) in [5.74, 6) is -1.42. The number of aryl methyl sites for hydroxylation is 1. The third kappa shape index (κ3) is 2.31. The molecule has 0 fully saturated rings. The van der Waals surface area contributed by atoms with E-state index in [-0.39, 0.29) is 12.3 Å². The highest BCUT2D eigenvalue weighted by atomic mass is 32.1. The second-order valence-corrected chi connectivity index (χ2v) is 7.96. The van der Waals surface area contributed by atoms with E-state index in [0.717, 1.165) is 27.0 Å². The van der Waals surface area contributed by atoms with Crippen LogP contribution < -0.4 is 0 Å². The summed E-state index contributed by atoms with van der Waals surface area (Å²) in [6.07, 6.45) is 0.229. The number of para-hydroxylation sites is 1. The number of fused-ring (bicyclic) bond motifs is 3. The molecule has 2 heterocycles. The normalized spacial score (nSPS) is 18.0. The fourth-order valence-electron chi connectivity index (χ4n) is 4.45. The number of thiophene rings is 1. The smallest absolute Gasteiger partial charge is 0.327 e. The van der Waals surface area contributed by atoms with Crippen molar-refractivity contribution in [2.24, 2.45) is 12.5 Å². The van der Waals surface area contributed by atoms with Gasteiger partial charge < -0.3 is 14.0 Å². The standard InChI is InChI=1S/C22H21NO4S/c1-13-19-18(14-8-5-6-9-16(14)23(19)2)15(17-10-7-11-28-17)12-22(13,20(24)26-3)21(25)27-4/h5-11,15H,1,12H2,2-4H3. The molecule has 3 aromatic rings. The Bertz CT molecular complexity index is 1080. The van der Waals surface area contributed by atoms with Crippen LogP contribution in [0.4, 0.5) is 0 Å². The molecule has 0 saturated carbocycles. The molecule has 0 N–H and O–H groups in total. The van der Waals surface area contributed by atoms with Gasteiger partial charge in [0.05, 0.1) is 14.2 Å². The van der Waals surface area contributed by atoms with Gasteiger partial charge in [-0.3, -0.25) is 9.59 Å². The van der Waals surface area contributed by atoms with Crippen LogP contribution in [0.15, 0.2) is 48.4 Å². The van der Waals surface area contributed by atoms with Crippen LogP contribution >= 0.6 is 11.3 Å². The van der Waals surface area contributed by atoms with Crippen LogP contribution in [-0.4, -0.2) is 30.7 Å². The molecule has 2 aromatic heterocycles. The molecule has 0 spiro atoms. The number of hydrogen-bond acceptors (Lipinski definition) is 5. The summed E-state index contributed by atoms with van der Waals surface area (Å²) in [6, 6.07) is 12.1. The minimum absolute atomic E-state index is 0.148. The molecule has 1 aliphatic rings. The lowest BCUT2D eigenvalue weighted by molar-refractivity contribution is -0.165. The molecule has 0 saturated heterocycles. The molecular weight excluding hydrogens is 374 g/mol. The molecule has 4 rings (SSSR count). The topological polar surface area (TPSA) is 57.5 Å². The Morgan fingerprint density at radius 1 is 1.14 bits per heavy atom. The van der Waals surface area contributed by atoms with Gasteiger partial charge in [0.25, 0.3) is 0 Å². The third-order valence-corrected chi connectivity index (χ3v) is 6.75. The van der Waals surface area contributed by atoms with Crippen LogP contribution in [0.1, 0.15) is 28.5 Å². The number of benzene rings is 1. The van der Waals surface area contributed by atoms with Crippen molar-refractivity contribution in [1.29, 1.82) is 0 Å². The zero-order chi connectivity index (χ0) is 20.1. The van der Waals surface area contributed by atoms with Crippen LogP contribution in [0.25, 0.3) is 16.5 Å². The van der Waals surface area contributed by atoms with Crippen LogP contribution in [0.2, 0.25) is 0 Å². The van der Waals surface area contributed by atoms with E-state index >= 15 is 0 Å². The van der Waals surface area contributed by atoms with E-state index in [1.165, 1.54) is 14.2 Å². The number of rotatable bonds is 3. The number of aromatic nitrogens is 1. The minimum Gasteiger partial charge on any atom is -0.468 e. The van der Waals surface area contributed by atoms with Crippen molar-refractivity contribution in [3.8, 4) is 0 Å². The van der Waals surface area contributed by atoms with Gasteiger partial charge in [0.1, 0.15) is 0 Å². The van der Waals surface area contributed by atoms with Crippen molar-refractivity contribution < 1.29 is 19.1 Å². The zero-order valence-corrected chi connectivity index (χ0v) is 16.8. The quantitative estimate of drug-likeness (QED) is 0.494. The number of ether oxygens (including phenoxy) is 2. The van der Waals surface area contributed by atoms with E-state index in [1.807, 2.05) is 47.3 Å². The van der Waals surface area contributed by atoms with Crippen molar-refractivity contribution >= 4 is 39.8 Å². The molecule has 1 aromatic carbocycles. The Kier molecular flexibility index (Phi) is 4.38. The van der Waals surface area contributed by atoms with Crippen LogP contribution in [-0.2, 0) is 26.1 Å². The summed E-state index contributed by atoms with van der Waals surface area (Å²) in [6.45, 7) is 4.20. The molecule has 1 atom stereocenters. The van der Waals surface area contributed by atoms with Crippen molar-refractivity contribution in [2.45, 2.75) is 12.3 Å². The van der Waals surface area contributed by atoms with Gasteiger partial charge in [-0.1, -0.05) is 30.8 Å². The number of esters is 2. The first-order valence-corrected chi connectivity index (χ1v) is 9.82. The lowest BCUT2D eigenvalue weighted by Gasteiger charge is -2.38. The van der Waals surface area contributed by atoms with E-state index in [1.54, 1.807) is 11.3 Å². The molecule has 28 heavy (non-hydrogen) atoms. The largest absolute Gasteiger partial charge is 0.468 e. The van der Waals surface area contributed by atoms with E-state index in [4.69, 9.17) is 9.47 Å². The number of hydrogen-bond donors (Lipinski definition) is 0. The fraction of sp³-hybridized carbons (Fsp3) is 0.273. The molecule has 1 aliphatic carbocycles. The predicted molar refractivity (Wildman–Crippen MR) is 109 cm³/mol. The second kappa shape index (κ2) is 6.63. The van der Waals surface area contributed by atoms with Gasteiger partial charge >= 0.3 is 11.9 Å². The summed E-state index contributed by atoms with van der Waals surface area (Å²) in [5.41, 5.74) is 1.76. The summed E-state index contributed by atoms with van der Waals surface area (Å²) < 4.78 is 12.2. The maximum Gasteiger partial charge on any atom is 0.327 e. The molecule has 0 aliphatic heterocycles. The highest BCUT2D eigenvalue weighted by Gasteiger charge is 2.57. The Balaban J connectivity index is 2.09. The first kappa shape index (κ1) is 18.5. The van der Waals surface area contributed by atoms with E-state index < -0.39 is 17.4 Å². The van der Waals surface area contributed by atoms with Gasteiger partial charge in [-0.05, 0) is 35.1 Å². The maximum absolute atomic E-state index is 13.0. The third-order valence-electron chi connectivity index (χ3n) is 5.76. The molecule has 0 bridgehead atoms. The summed E-state index contributed by atoms with van der Waals surface area (Å²) in [7, 11) is 4.51. The van der Waals surface area contributed by atoms with Crippen LogP contribution in [0.5, 0.6) is 0 Å². The molecule has 5 nitrogen and oxygen atoms in total. The number of carbonyl (C=O) groups excluding carboxylic acids is 2. The van der Waals surface area contributed by atoms with Gasteiger partial charge in [0, 0.05) is 34.4 Å². The van der Waals surface area contributed by atoms with Gasteiger partial charge in [0.15, 0.2) is 5.41 Å². The number of nitrogens with zero attached hydrogens (tertiary/aromatic N) is 1. The molecule has 1 unspecified atom stereocenters. The Morgan fingerprint density at radius 2 is 1.82 bits per heavy atom. The lowest BCUT2D eigenvalue weighted by atomic mass is 9.65. The average Bonchev–Trinajstić information content (AvgIpc) is 3.35. The zero-order valence-electron chi connectivity index (χ0n) is 16.0. The maximum atomic E-state index is 13.0. The van der Waals surface area contributed by atoms with Gasteiger partial charge in [-0.15, -0.1) is 11.3 Å². The highest BCUT2D eigenvalue weighted by molar-refractivity contribution is 7.10. The van der Waals surface area contributed by atoms with E-state index in [2.05, 4.69) is 12.6 Å². The van der Waals surface area contributed by atoms with E-state index in [0.29, 0.717) is 5.57 Å². The summed E-state index contributed by atoms with van der Waals surface area (Å²) in [5, 5.41) is 3.10. The highest BCUT2D eigenvalue weighted by Crippen LogP contribution is 2.55. The second-order valence-electron chi connectivity index (χ2n) is 6.98. The monoisotopic (exact) mass is 395 g/mol. The van der Waals surface area contributed by atoms with Gasteiger partial charge in [-0.25, -0.2) is 0 Å². The van der Waals surface area contributed by atoms with Crippen molar-refractivity contribution in [1.82, 2.24) is 4.57 Å². The first-order valence-electron chi connectivity index (χ1n) is 8.94. The van der Waals surface area contributed by atoms with Crippen molar-refractivity contribution in [3.05, 3.63) is 64.5 Å². The fourth-order valence-corrected chi connectivity index (χ4v) is 5.29. The molecular formula is C22H21NO4S. The Hall–Kier alpha value is -2.86. The summed E-state index contributed by atoms with van der Waals surface area (Å²) >= 11 is 1.61. The Labute approximate surface area is 167 Å². The number of carbonyl (C=O) groups is 2. The molecule has 144 valence electrons. The van der Waals surface area contributed by atoms with Gasteiger partial charge in [-0.2, -0.15) is 0 Å². The molecule has 0 radical (unpaired) electrons. The average molecular weight is 395 g/mol. The lowest BCUT2D eigenvalue weighted by Crippen LogP contribution is -2.45. The van der Waals surface area contributed by atoms with Crippen LogP contribution in [0, 0.1) is 5.41 Å². The van der Waals surface area contributed by atoms with Gasteiger partial charge in [0.2, 0.25) is 0 Å². The predicted octanol–water partition coefficient (Wildman–Crippen LogP) is 4.12. The SMILES string of the molecule is C=C1c2c(c3ccccc3n2C)C(c2cccs2)CC1(C(=O)OC)C(=O)OC. The van der Waals surface area contributed by atoms with Crippen molar-refractivity contribution in [2.75, 3.05) is 14.2 Å². The number of methoxy groups -OCH3 is 2. The molecule has 0 amide bonds. The first-order chi connectivity index (χ1) is 13.5. The van der Waals surface area contributed by atoms with Crippen molar-refractivity contribution in [3.63, 3.8) is 0 Å². The minimum atomic E-state index is -1.58. The van der Waals surface area contributed by atoms with Crippen LogP contribution in [0.3, 0.4) is 0 Å². The molecule has 6 heteroatoms. The van der Waals surface area contributed by atoms with E-state index in [9.17, 15) is 9.59 Å². The summed E-state index contributed by atoms with van der Waals surface area (Å²) in [4.78, 5) is 27.0. The Morgan fingerprint density at radius 3 is 2.43 bits per heavy atom.